The Morgan fingerprint density at radius 2 is 2.03 bits per heavy atom. The molecule has 196 valence electrons. The lowest BCUT2D eigenvalue weighted by Gasteiger charge is -2.34. The molecule has 2 N–H and O–H groups in total. The quantitative estimate of drug-likeness (QED) is 0.476. The molecule has 3 aliphatic heterocycles. The third-order valence-electron chi connectivity index (χ3n) is 7.62. The minimum absolute atomic E-state index is 0.0646. The molecule has 0 aromatic rings. The van der Waals surface area contributed by atoms with Crippen LogP contribution in [0.2, 0.25) is 0 Å². The maximum Gasteiger partial charge on any atom is 0.522 e. The molecule has 3 heterocycles. The normalized spacial score (nSPS) is 32.5. The SMILES string of the molecule is CC1(C)[C@@H]2[C@@H](C(=O)NC(C[C@@H]3CCNC3=O)C(=O)COC(F)(F)F)N(C(=O)[C@@H]3COCCO3)C[C@@H]21. The number of fused-ring (bicyclic) bond motifs is 1. The Kier molecular flexibility index (Phi) is 7.13. The van der Waals surface area contributed by atoms with Crippen LogP contribution in [0, 0.1) is 23.2 Å². The number of hydrogen-bond donors (Lipinski definition) is 2. The van der Waals surface area contributed by atoms with Crippen LogP contribution in [0.25, 0.3) is 0 Å². The topological polar surface area (TPSA) is 123 Å². The van der Waals surface area contributed by atoms with E-state index in [1.807, 2.05) is 13.8 Å². The van der Waals surface area contributed by atoms with Gasteiger partial charge in [0.15, 0.2) is 11.9 Å². The molecular formula is C22H30F3N3O7. The lowest BCUT2D eigenvalue weighted by Crippen LogP contribution is -2.57. The van der Waals surface area contributed by atoms with Crippen molar-refractivity contribution in [1.82, 2.24) is 15.5 Å². The summed E-state index contributed by atoms with van der Waals surface area (Å²) in [5.41, 5.74) is -0.215. The number of ketones is 1. The third-order valence-corrected chi connectivity index (χ3v) is 7.62. The molecule has 0 bridgehead atoms. The minimum Gasteiger partial charge on any atom is -0.376 e. The van der Waals surface area contributed by atoms with Gasteiger partial charge in [0.05, 0.1) is 25.9 Å². The molecule has 0 radical (unpaired) electrons. The molecule has 13 heteroatoms. The van der Waals surface area contributed by atoms with Gasteiger partial charge in [0.1, 0.15) is 12.6 Å². The fourth-order valence-electron chi connectivity index (χ4n) is 5.56. The summed E-state index contributed by atoms with van der Waals surface area (Å²) >= 11 is 0. The number of Topliss-reactive ketones (excluding diaryl/α,β-unsaturated/α-hetero) is 1. The number of carbonyl (C=O) groups is 4. The first-order valence-electron chi connectivity index (χ1n) is 11.7. The van der Waals surface area contributed by atoms with Crippen molar-refractivity contribution in [2.24, 2.45) is 23.2 Å². The Morgan fingerprint density at radius 1 is 1.29 bits per heavy atom. The number of hydrogen-bond acceptors (Lipinski definition) is 7. The molecule has 0 aromatic heterocycles. The number of nitrogens with zero attached hydrogens (tertiary/aromatic N) is 1. The van der Waals surface area contributed by atoms with E-state index in [1.54, 1.807) is 0 Å². The van der Waals surface area contributed by atoms with Crippen molar-refractivity contribution in [3.05, 3.63) is 0 Å². The van der Waals surface area contributed by atoms with Crippen molar-refractivity contribution in [1.29, 1.82) is 0 Å². The number of ether oxygens (including phenoxy) is 3. The van der Waals surface area contributed by atoms with Crippen molar-refractivity contribution in [2.75, 3.05) is 39.5 Å². The van der Waals surface area contributed by atoms with E-state index in [1.165, 1.54) is 4.90 Å². The number of rotatable bonds is 8. The number of carbonyl (C=O) groups excluding carboxylic acids is 4. The van der Waals surface area contributed by atoms with Crippen LogP contribution in [0.1, 0.15) is 26.7 Å². The number of nitrogens with one attached hydrogen (secondary N) is 2. The van der Waals surface area contributed by atoms with Crippen LogP contribution in [0.4, 0.5) is 13.2 Å². The number of piperidine rings is 1. The maximum absolute atomic E-state index is 13.4. The highest BCUT2D eigenvalue weighted by atomic mass is 19.4. The van der Waals surface area contributed by atoms with Crippen LogP contribution in [0.3, 0.4) is 0 Å². The predicted octanol–water partition coefficient (Wildman–Crippen LogP) is 0.00130. The second kappa shape index (κ2) is 9.66. The van der Waals surface area contributed by atoms with Crippen molar-refractivity contribution < 1.29 is 46.6 Å². The van der Waals surface area contributed by atoms with Crippen LogP contribution < -0.4 is 10.6 Å². The number of likely N-dealkylation sites (tertiary alicyclic amines) is 1. The zero-order valence-electron chi connectivity index (χ0n) is 19.6. The first-order chi connectivity index (χ1) is 16.4. The second-order valence-corrected chi connectivity index (χ2v) is 10.1. The van der Waals surface area contributed by atoms with Gasteiger partial charge in [-0.05, 0) is 30.1 Å². The summed E-state index contributed by atoms with van der Waals surface area (Å²) < 4.78 is 52.0. The molecule has 35 heavy (non-hydrogen) atoms. The van der Waals surface area contributed by atoms with Gasteiger partial charge in [0, 0.05) is 19.0 Å². The van der Waals surface area contributed by atoms with Gasteiger partial charge in [-0.3, -0.25) is 23.9 Å². The fourth-order valence-corrected chi connectivity index (χ4v) is 5.56. The zero-order chi connectivity index (χ0) is 25.5. The van der Waals surface area contributed by atoms with Gasteiger partial charge in [-0.15, -0.1) is 13.2 Å². The lowest BCUT2D eigenvalue weighted by atomic mass is 9.94. The summed E-state index contributed by atoms with van der Waals surface area (Å²) in [6.07, 6.45) is -5.63. The van der Waals surface area contributed by atoms with Crippen LogP contribution in [0.5, 0.6) is 0 Å². The molecule has 3 amide bonds. The molecule has 0 aromatic carbocycles. The Bertz CT molecular complexity index is 875. The lowest BCUT2D eigenvalue weighted by molar-refractivity contribution is -0.321. The largest absolute Gasteiger partial charge is 0.522 e. The standard InChI is InChI=1S/C22H30F3N3O7/c1-21(2)12-8-28(20(32)15-10-33-5-6-34-15)17(16(12)21)19(31)27-13(7-11-3-4-26-18(11)30)14(29)9-35-22(23,24)25/h11-13,15-17H,3-10H2,1-2H3,(H,26,30)(H,27,31)/t11-,12-,13?,15-,16-,17-/m0/s1. The third kappa shape index (κ3) is 5.46. The van der Waals surface area contributed by atoms with E-state index in [0.717, 1.165) is 0 Å². The molecule has 6 atom stereocenters. The van der Waals surface area contributed by atoms with Crippen LogP contribution in [0.15, 0.2) is 0 Å². The average molecular weight is 505 g/mol. The smallest absolute Gasteiger partial charge is 0.376 e. The maximum atomic E-state index is 13.4. The zero-order valence-corrected chi connectivity index (χ0v) is 19.6. The molecule has 3 saturated heterocycles. The molecule has 4 fully saturated rings. The van der Waals surface area contributed by atoms with E-state index in [2.05, 4.69) is 15.4 Å². The summed E-state index contributed by atoms with van der Waals surface area (Å²) in [4.78, 5) is 52.6. The van der Waals surface area contributed by atoms with E-state index in [-0.39, 0.29) is 42.8 Å². The molecule has 1 unspecified atom stereocenters. The summed E-state index contributed by atoms with van der Waals surface area (Å²) in [5, 5.41) is 5.15. The Labute approximate surface area is 200 Å². The minimum atomic E-state index is -5.02. The van der Waals surface area contributed by atoms with Crippen molar-refractivity contribution in [3.63, 3.8) is 0 Å². The Hall–Kier alpha value is -2.25. The number of amides is 3. The van der Waals surface area contributed by atoms with E-state index in [0.29, 0.717) is 26.1 Å². The molecular weight excluding hydrogens is 475 g/mol. The fraction of sp³-hybridized carbons (Fsp3) is 0.818. The first kappa shape index (κ1) is 25.8. The van der Waals surface area contributed by atoms with Gasteiger partial charge in [-0.1, -0.05) is 13.8 Å². The van der Waals surface area contributed by atoms with Crippen molar-refractivity contribution in [2.45, 2.75) is 51.2 Å². The summed E-state index contributed by atoms with van der Waals surface area (Å²) in [6, 6.07) is -2.28. The van der Waals surface area contributed by atoms with E-state index in [9.17, 15) is 32.3 Å². The molecule has 1 aliphatic carbocycles. The van der Waals surface area contributed by atoms with Crippen molar-refractivity contribution >= 4 is 23.5 Å². The highest BCUT2D eigenvalue weighted by Crippen LogP contribution is 2.65. The summed E-state index contributed by atoms with van der Waals surface area (Å²) in [6.45, 7) is 4.05. The highest BCUT2D eigenvalue weighted by molar-refractivity contribution is 5.95. The average Bonchev–Trinajstić information content (AvgIpc) is 3.16. The highest BCUT2D eigenvalue weighted by Gasteiger charge is 2.69. The summed E-state index contributed by atoms with van der Waals surface area (Å²) in [5.74, 6) is -3.10. The van der Waals surface area contributed by atoms with Gasteiger partial charge >= 0.3 is 6.36 Å². The predicted molar refractivity (Wildman–Crippen MR) is 111 cm³/mol. The van der Waals surface area contributed by atoms with Crippen LogP contribution in [-0.2, 0) is 33.4 Å². The molecule has 4 rings (SSSR count). The molecule has 4 aliphatic rings. The number of halogens is 3. The van der Waals surface area contributed by atoms with Gasteiger partial charge < -0.3 is 25.0 Å². The van der Waals surface area contributed by atoms with Gasteiger partial charge in [0.2, 0.25) is 11.8 Å². The van der Waals surface area contributed by atoms with Gasteiger partial charge in [-0.25, -0.2) is 0 Å². The number of alkyl halides is 3. The van der Waals surface area contributed by atoms with Crippen LogP contribution >= 0.6 is 0 Å². The van der Waals surface area contributed by atoms with E-state index < -0.39 is 54.7 Å². The van der Waals surface area contributed by atoms with Crippen LogP contribution in [-0.4, -0.2) is 92.5 Å². The van der Waals surface area contributed by atoms with Crippen molar-refractivity contribution in [3.8, 4) is 0 Å². The first-order valence-corrected chi connectivity index (χ1v) is 11.7. The molecule has 10 nitrogen and oxygen atoms in total. The second-order valence-electron chi connectivity index (χ2n) is 10.1. The van der Waals surface area contributed by atoms with Gasteiger partial charge in [0.25, 0.3) is 5.91 Å². The van der Waals surface area contributed by atoms with E-state index in [4.69, 9.17) is 9.47 Å². The monoisotopic (exact) mass is 505 g/mol. The Balaban J connectivity index is 1.50. The van der Waals surface area contributed by atoms with E-state index >= 15 is 0 Å². The molecule has 1 saturated carbocycles. The summed E-state index contributed by atoms with van der Waals surface area (Å²) in [7, 11) is 0. The Morgan fingerprint density at radius 3 is 2.63 bits per heavy atom. The van der Waals surface area contributed by atoms with Gasteiger partial charge in [-0.2, -0.15) is 0 Å². The molecule has 0 spiro atoms.